The lowest BCUT2D eigenvalue weighted by atomic mass is 9.90. The maximum absolute atomic E-state index is 13.8. The second-order valence-corrected chi connectivity index (χ2v) is 11.2. The molecule has 4 aromatic rings. The topological polar surface area (TPSA) is 120 Å². The van der Waals surface area contributed by atoms with Gasteiger partial charge in [0.1, 0.15) is 5.82 Å². The van der Waals surface area contributed by atoms with Crippen molar-refractivity contribution in [3.05, 3.63) is 41.2 Å². The minimum absolute atomic E-state index is 0.0302. The Labute approximate surface area is 218 Å². The highest BCUT2D eigenvalue weighted by Crippen LogP contribution is 2.50. The van der Waals surface area contributed by atoms with Gasteiger partial charge in [-0.2, -0.15) is 0 Å². The third-order valence-corrected chi connectivity index (χ3v) is 9.11. The van der Waals surface area contributed by atoms with Gasteiger partial charge in [-0.1, -0.05) is 0 Å². The van der Waals surface area contributed by atoms with E-state index in [1.54, 1.807) is 24.5 Å². The summed E-state index contributed by atoms with van der Waals surface area (Å²) in [5.41, 5.74) is 10.3. The van der Waals surface area contributed by atoms with E-state index in [2.05, 4.69) is 21.2 Å². The molecule has 7 rings (SSSR count). The fourth-order valence-electron chi connectivity index (χ4n) is 6.09. The van der Waals surface area contributed by atoms with Gasteiger partial charge in [0.15, 0.2) is 0 Å². The lowest BCUT2D eigenvalue weighted by Crippen LogP contribution is -2.22. The Morgan fingerprint density at radius 3 is 2.81 bits per heavy atom. The van der Waals surface area contributed by atoms with Crippen LogP contribution in [0, 0.1) is 12.8 Å². The Hall–Kier alpha value is -3.37. The van der Waals surface area contributed by atoms with Gasteiger partial charge in [0.2, 0.25) is 11.8 Å². The average molecular weight is 517 g/mol. The fourth-order valence-corrected chi connectivity index (χ4v) is 7.20. The summed E-state index contributed by atoms with van der Waals surface area (Å²) in [6.45, 7) is 4.17. The third kappa shape index (κ3) is 3.73. The van der Waals surface area contributed by atoms with E-state index in [9.17, 15) is 4.79 Å². The molecule has 1 atom stereocenters. The highest BCUT2D eigenvalue weighted by molar-refractivity contribution is 7.22. The van der Waals surface area contributed by atoms with Gasteiger partial charge < -0.3 is 19.8 Å². The van der Waals surface area contributed by atoms with Gasteiger partial charge in [0.05, 0.1) is 33.3 Å². The summed E-state index contributed by atoms with van der Waals surface area (Å²) in [7, 11) is 0. The number of nitrogens with zero attached hydrogens (tertiary/aromatic N) is 5. The standard InChI is InChI=1S/C27H28N6O3S/c1-14-31-32-26(36-14)20-17(5-4-15-7-11-35-12-8-15)30-23-18-3-2-10-33(18)27(34)22(23)21(20)19-13-16-6-9-29-25(28)24(16)37-19/h6,9,13,15,18H,2-5,7-8,10-12H2,1H3,(H2,28,29). The van der Waals surface area contributed by atoms with E-state index in [-0.39, 0.29) is 11.9 Å². The molecule has 7 heterocycles. The Bertz CT molecular complexity index is 1520. The van der Waals surface area contributed by atoms with E-state index >= 15 is 0 Å². The van der Waals surface area contributed by atoms with Crippen molar-refractivity contribution in [2.75, 3.05) is 25.5 Å². The van der Waals surface area contributed by atoms with Crippen LogP contribution in [-0.2, 0) is 11.2 Å². The van der Waals surface area contributed by atoms with Crippen molar-refractivity contribution in [2.45, 2.75) is 51.5 Å². The van der Waals surface area contributed by atoms with Gasteiger partial charge in [-0.15, -0.1) is 21.5 Å². The number of nitrogen functional groups attached to an aromatic ring is 1. The van der Waals surface area contributed by atoms with Crippen LogP contribution < -0.4 is 5.73 Å². The smallest absolute Gasteiger partial charge is 0.257 e. The zero-order chi connectivity index (χ0) is 25.1. The van der Waals surface area contributed by atoms with Crippen molar-refractivity contribution in [2.24, 2.45) is 5.92 Å². The lowest BCUT2D eigenvalue weighted by molar-refractivity contribution is 0.0639. The number of aryl methyl sites for hydroxylation is 2. The molecule has 0 radical (unpaired) electrons. The molecule has 190 valence electrons. The van der Waals surface area contributed by atoms with E-state index in [4.69, 9.17) is 19.9 Å². The molecular weight excluding hydrogens is 488 g/mol. The van der Waals surface area contributed by atoms with Crippen molar-refractivity contribution >= 4 is 33.1 Å². The molecule has 0 bridgehead atoms. The summed E-state index contributed by atoms with van der Waals surface area (Å²) in [6.07, 6.45) is 7.55. The van der Waals surface area contributed by atoms with Gasteiger partial charge in [-0.3, -0.25) is 9.78 Å². The Morgan fingerprint density at radius 2 is 2.03 bits per heavy atom. The van der Waals surface area contributed by atoms with Crippen LogP contribution in [0.1, 0.15) is 65.8 Å². The first kappa shape index (κ1) is 22.8. The molecule has 1 unspecified atom stereocenters. The summed E-state index contributed by atoms with van der Waals surface area (Å²) < 4.78 is 12.5. The molecule has 0 spiro atoms. The predicted octanol–water partition coefficient (Wildman–Crippen LogP) is 4.95. The number of hydrogen-bond acceptors (Lipinski definition) is 9. The first-order valence-electron chi connectivity index (χ1n) is 13.0. The first-order chi connectivity index (χ1) is 18.1. The van der Waals surface area contributed by atoms with Gasteiger partial charge in [-0.05, 0) is 62.0 Å². The molecule has 10 heteroatoms. The quantitative estimate of drug-likeness (QED) is 0.396. The summed E-state index contributed by atoms with van der Waals surface area (Å²) in [5, 5.41) is 9.55. The number of carbonyl (C=O) groups is 1. The monoisotopic (exact) mass is 516 g/mol. The molecule has 9 nitrogen and oxygen atoms in total. The highest BCUT2D eigenvalue weighted by Gasteiger charge is 2.44. The van der Waals surface area contributed by atoms with Crippen molar-refractivity contribution in [1.29, 1.82) is 0 Å². The van der Waals surface area contributed by atoms with E-state index in [0.717, 1.165) is 95.8 Å². The maximum Gasteiger partial charge on any atom is 0.257 e. The Balaban J connectivity index is 1.47. The first-order valence-corrected chi connectivity index (χ1v) is 13.8. The van der Waals surface area contributed by atoms with Crippen LogP contribution in [0.3, 0.4) is 0 Å². The zero-order valence-electron chi connectivity index (χ0n) is 20.7. The number of fused-ring (bicyclic) bond motifs is 4. The normalized spacial score (nSPS) is 19.6. The highest BCUT2D eigenvalue weighted by atomic mass is 32.1. The number of carbonyl (C=O) groups excluding carboxylic acids is 1. The number of anilines is 1. The van der Waals surface area contributed by atoms with Crippen LogP contribution in [0.5, 0.6) is 0 Å². The van der Waals surface area contributed by atoms with Gasteiger partial charge in [0.25, 0.3) is 5.91 Å². The second kappa shape index (κ2) is 8.88. The van der Waals surface area contributed by atoms with Crippen LogP contribution in [0.25, 0.3) is 32.0 Å². The fraction of sp³-hybridized carbons (Fsp3) is 0.444. The average Bonchev–Trinajstić information content (AvgIpc) is 3.69. The van der Waals surface area contributed by atoms with Crippen LogP contribution in [0.2, 0.25) is 0 Å². The van der Waals surface area contributed by atoms with Crippen molar-refractivity contribution in [3.63, 3.8) is 0 Å². The number of ether oxygens (including phenoxy) is 1. The third-order valence-electron chi connectivity index (χ3n) is 7.92. The molecule has 2 saturated heterocycles. The summed E-state index contributed by atoms with van der Waals surface area (Å²) in [6, 6.07) is 4.08. The number of aromatic nitrogens is 4. The largest absolute Gasteiger partial charge is 0.421 e. The molecule has 3 aliphatic heterocycles. The molecule has 2 N–H and O–H groups in total. The number of rotatable bonds is 5. The van der Waals surface area contributed by atoms with Crippen LogP contribution in [0.15, 0.2) is 22.7 Å². The van der Waals surface area contributed by atoms with Crippen LogP contribution >= 0.6 is 11.3 Å². The predicted molar refractivity (Wildman–Crippen MR) is 140 cm³/mol. The number of nitrogens with two attached hydrogens (primary N) is 1. The summed E-state index contributed by atoms with van der Waals surface area (Å²) in [4.78, 5) is 26.3. The zero-order valence-corrected chi connectivity index (χ0v) is 21.5. The van der Waals surface area contributed by atoms with Gasteiger partial charge >= 0.3 is 0 Å². The molecule has 4 aromatic heterocycles. The molecule has 2 fully saturated rings. The summed E-state index contributed by atoms with van der Waals surface area (Å²) in [5.74, 6) is 2.00. The van der Waals surface area contributed by atoms with E-state index in [1.807, 2.05) is 11.0 Å². The molecule has 3 aliphatic rings. The summed E-state index contributed by atoms with van der Waals surface area (Å²) >= 11 is 1.55. The van der Waals surface area contributed by atoms with Crippen molar-refractivity contribution in [1.82, 2.24) is 25.1 Å². The Morgan fingerprint density at radius 1 is 1.16 bits per heavy atom. The molecule has 0 aliphatic carbocycles. The van der Waals surface area contributed by atoms with Crippen molar-refractivity contribution < 1.29 is 13.9 Å². The van der Waals surface area contributed by atoms with E-state index in [0.29, 0.717) is 29.1 Å². The SMILES string of the molecule is Cc1nnc(-c2c(CCC3CCOCC3)nc3c(c2-c2cc4ccnc(N)c4s2)C(=O)N2CCCC32)o1. The minimum Gasteiger partial charge on any atom is -0.421 e. The van der Waals surface area contributed by atoms with Crippen LogP contribution in [-0.4, -0.2) is 50.7 Å². The molecule has 0 saturated carbocycles. The number of pyridine rings is 2. The van der Waals surface area contributed by atoms with E-state index in [1.165, 1.54) is 0 Å². The number of thiophene rings is 1. The lowest BCUT2D eigenvalue weighted by Gasteiger charge is -2.22. The van der Waals surface area contributed by atoms with Crippen LogP contribution in [0.4, 0.5) is 5.82 Å². The number of hydrogen-bond donors (Lipinski definition) is 1. The van der Waals surface area contributed by atoms with Gasteiger partial charge in [-0.25, -0.2) is 4.98 Å². The van der Waals surface area contributed by atoms with Gasteiger partial charge in [0, 0.05) is 43.3 Å². The van der Waals surface area contributed by atoms with E-state index < -0.39 is 0 Å². The molecular formula is C27H28N6O3S. The maximum atomic E-state index is 13.8. The second-order valence-electron chi connectivity index (χ2n) is 10.2. The Kier molecular flexibility index (Phi) is 5.47. The van der Waals surface area contributed by atoms with Crippen molar-refractivity contribution in [3.8, 4) is 21.9 Å². The number of amides is 1. The molecule has 0 aromatic carbocycles. The molecule has 37 heavy (non-hydrogen) atoms. The minimum atomic E-state index is 0.0302. The molecule has 1 amide bonds.